The lowest BCUT2D eigenvalue weighted by Gasteiger charge is -1.97. The highest BCUT2D eigenvalue weighted by molar-refractivity contribution is 5.67. The second kappa shape index (κ2) is 4.24. The van der Waals surface area contributed by atoms with Gasteiger partial charge in [-0.3, -0.25) is 10.1 Å². The third kappa shape index (κ3) is 1.80. The highest BCUT2D eigenvalue weighted by Crippen LogP contribution is 2.31. The molecule has 0 saturated heterocycles. The molecule has 102 valence electrons. The highest BCUT2D eigenvalue weighted by Gasteiger charge is 2.22. The lowest BCUT2D eigenvalue weighted by molar-refractivity contribution is -0.384. The van der Waals surface area contributed by atoms with Crippen molar-refractivity contribution >= 4 is 5.69 Å². The van der Waals surface area contributed by atoms with Gasteiger partial charge < -0.3 is 0 Å². The molecular weight excluding hydrogens is 268 g/mol. The van der Waals surface area contributed by atoms with Crippen LogP contribution in [0.2, 0.25) is 0 Å². The van der Waals surface area contributed by atoms with Gasteiger partial charge in [0.25, 0.3) is 5.69 Å². The van der Waals surface area contributed by atoms with E-state index in [-0.39, 0.29) is 5.69 Å². The van der Waals surface area contributed by atoms with Gasteiger partial charge >= 0.3 is 0 Å². The van der Waals surface area contributed by atoms with Crippen LogP contribution < -0.4 is 0 Å². The maximum absolute atomic E-state index is 10.7. The summed E-state index contributed by atoms with van der Waals surface area (Å²) >= 11 is 0. The molecule has 0 atom stereocenters. The number of nitro benzene ring substituents is 1. The van der Waals surface area contributed by atoms with Crippen molar-refractivity contribution in [2.75, 3.05) is 0 Å². The summed E-state index contributed by atoms with van der Waals surface area (Å²) in [6, 6.07) is 14.4. The van der Waals surface area contributed by atoms with E-state index >= 15 is 0 Å². The fraction of sp³-hybridized carbons (Fsp3) is 0.0667. The Labute approximate surface area is 119 Å². The Hall–Kier alpha value is -3.02. The van der Waals surface area contributed by atoms with Crippen molar-refractivity contribution in [3.05, 3.63) is 64.2 Å². The quantitative estimate of drug-likeness (QED) is 0.417. The molecule has 6 heteroatoms. The van der Waals surface area contributed by atoms with E-state index in [4.69, 9.17) is 0 Å². The standard InChI is InChI=1S/C15H10N4O2/c20-19(21)12-7-5-10(6-8-12)14-16-15-13-4-2-1-3-11(13)9-18(15)17-14/h1-8H,9H2. The zero-order valence-electron chi connectivity index (χ0n) is 10.9. The molecule has 4 rings (SSSR count). The van der Waals surface area contributed by atoms with Gasteiger partial charge in [0.2, 0.25) is 0 Å². The van der Waals surface area contributed by atoms with Crippen molar-refractivity contribution in [3.63, 3.8) is 0 Å². The lowest BCUT2D eigenvalue weighted by Crippen LogP contribution is -1.95. The predicted octanol–water partition coefficient (Wildman–Crippen LogP) is 2.88. The second-order valence-corrected chi connectivity index (χ2v) is 4.88. The van der Waals surface area contributed by atoms with E-state index in [9.17, 15) is 10.1 Å². The second-order valence-electron chi connectivity index (χ2n) is 4.88. The first kappa shape index (κ1) is 11.8. The van der Waals surface area contributed by atoms with Crippen LogP contribution in [0.4, 0.5) is 5.69 Å². The van der Waals surface area contributed by atoms with E-state index < -0.39 is 4.92 Å². The number of hydrogen-bond donors (Lipinski definition) is 0. The van der Waals surface area contributed by atoms with E-state index in [0.29, 0.717) is 12.4 Å². The molecule has 0 amide bonds. The van der Waals surface area contributed by atoms with Crippen LogP contribution in [-0.2, 0) is 6.54 Å². The Morgan fingerprint density at radius 2 is 1.86 bits per heavy atom. The first-order chi connectivity index (χ1) is 10.2. The molecule has 0 unspecified atom stereocenters. The van der Waals surface area contributed by atoms with Gasteiger partial charge in [0, 0.05) is 23.3 Å². The monoisotopic (exact) mass is 278 g/mol. The summed E-state index contributed by atoms with van der Waals surface area (Å²) < 4.78 is 1.86. The fourth-order valence-corrected chi connectivity index (χ4v) is 2.54. The molecule has 0 N–H and O–H groups in total. The third-order valence-corrected chi connectivity index (χ3v) is 3.59. The topological polar surface area (TPSA) is 73.8 Å². The normalized spacial score (nSPS) is 12.0. The molecule has 0 bridgehead atoms. The zero-order chi connectivity index (χ0) is 14.4. The first-order valence-corrected chi connectivity index (χ1v) is 6.50. The molecule has 0 aliphatic carbocycles. The van der Waals surface area contributed by atoms with E-state index in [2.05, 4.69) is 16.1 Å². The number of hydrogen-bond acceptors (Lipinski definition) is 4. The van der Waals surface area contributed by atoms with Crippen LogP contribution in [0.3, 0.4) is 0 Å². The van der Waals surface area contributed by atoms with Gasteiger partial charge in [-0.05, 0) is 17.7 Å². The minimum Gasteiger partial charge on any atom is -0.258 e. The van der Waals surface area contributed by atoms with Crippen LogP contribution in [0, 0.1) is 10.1 Å². The predicted molar refractivity (Wildman–Crippen MR) is 76.7 cm³/mol. The summed E-state index contributed by atoms with van der Waals surface area (Å²) in [5, 5.41) is 15.2. The fourth-order valence-electron chi connectivity index (χ4n) is 2.54. The highest BCUT2D eigenvalue weighted by atomic mass is 16.6. The van der Waals surface area contributed by atoms with E-state index in [1.165, 1.54) is 17.7 Å². The van der Waals surface area contributed by atoms with E-state index in [0.717, 1.165) is 17.0 Å². The summed E-state index contributed by atoms with van der Waals surface area (Å²) in [7, 11) is 0. The van der Waals surface area contributed by atoms with Gasteiger partial charge in [-0.15, -0.1) is 0 Å². The third-order valence-electron chi connectivity index (χ3n) is 3.59. The Balaban J connectivity index is 1.75. The van der Waals surface area contributed by atoms with E-state index in [1.807, 2.05) is 22.9 Å². The number of non-ortho nitro benzene ring substituents is 1. The van der Waals surface area contributed by atoms with Crippen LogP contribution in [-0.4, -0.2) is 19.7 Å². The van der Waals surface area contributed by atoms with Crippen molar-refractivity contribution in [2.24, 2.45) is 0 Å². The Morgan fingerprint density at radius 3 is 2.62 bits per heavy atom. The first-order valence-electron chi connectivity index (χ1n) is 6.50. The van der Waals surface area contributed by atoms with Crippen LogP contribution >= 0.6 is 0 Å². The number of nitrogens with zero attached hydrogens (tertiary/aromatic N) is 4. The number of nitro groups is 1. The molecule has 2 aromatic carbocycles. The summed E-state index contributed by atoms with van der Waals surface area (Å²) in [6.07, 6.45) is 0. The molecule has 6 nitrogen and oxygen atoms in total. The average Bonchev–Trinajstić information content (AvgIpc) is 3.05. The van der Waals surface area contributed by atoms with Gasteiger partial charge in [-0.1, -0.05) is 24.3 Å². The van der Waals surface area contributed by atoms with Crippen molar-refractivity contribution in [1.29, 1.82) is 0 Å². The Bertz CT molecular complexity index is 852. The molecule has 1 aromatic heterocycles. The largest absolute Gasteiger partial charge is 0.269 e. The van der Waals surface area contributed by atoms with Crippen LogP contribution in [0.1, 0.15) is 5.56 Å². The maximum Gasteiger partial charge on any atom is 0.269 e. The number of fused-ring (bicyclic) bond motifs is 3. The van der Waals surface area contributed by atoms with Crippen molar-refractivity contribution < 1.29 is 4.92 Å². The van der Waals surface area contributed by atoms with Crippen LogP contribution in [0.25, 0.3) is 22.8 Å². The maximum atomic E-state index is 10.7. The molecule has 21 heavy (non-hydrogen) atoms. The molecular formula is C15H10N4O2. The SMILES string of the molecule is O=[N+]([O-])c1ccc(-c2nc3n(n2)Cc2ccccc2-3)cc1. The molecule has 0 spiro atoms. The minimum atomic E-state index is -0.416. The van der Waals surface area contributed by atoms with Gasteiger partial charge in [0.05, 0.1) is 11.5 Å². The summed E-state index contributed by atoms with van der Waals surface area (Å²) in [5.41, 5.74) is 3.15. The molecule has 1 aliphatic rings. The molecule has 2 heterocycles. The molecule has 3 aromatic rings. The Kier molecular flexibility index (Phi) is 2.38. The average molecular weight is 278 g/mol. The van der Waals surface area contributed by atoms with Gasteiger partial charge in [0.1, 0.15) is 0 Å². The van der Waals surface area contributed by atoms with Crippen molar-refractivity contribution in [2.45, 2.75) is 6.54 Å². The summed E-state index contributed by atoms with van der Waals surface area (Å²) in [5.74, 6) is 1.44. The number of aromatic nitrogens is 3. The number of rotatable bonds is 2. The van der Waals surface area contributed by atoms with Crippen LogP contribution in [0.5, 0.6) is 0 Å². The molecule has 0 saturated carbocycles. The van der Waals surface area contributed by atoms with Gasteiger partial charge in [0.15, 0.2) is 11.6 Å². The summed E-state index contributed by atoms with van der Waals surface area (Å²) in [6.45, 7) is 0.714. The van der Waals surface area contributed by atoms with Crippen molar-refractivity contribution in [1.82, 2.24) is 14.8 Å². The lowest BCUT2D eigenvalue weighted by atomic mass is 10.1. The van der Waals surface area contributed by atoms with Crippen LogP contribution in [0.15, 0.2) is 48.5 Å². The van der Waals surface area contributed by atoms with Gasteiger partial charge in [-0.2, -0.15) is 5.10 Å². The molecule has 1 aliphatic heterocycles. The Morgan fingerprint density at radius 1 is 1.10 bits per heavy atom. The molecule has 0 fully saturated rings. The van der Waals surface area contributed by atoms with Crippen molar-refractivity contribution in [3.8, 4) is 22.8 Å². The number of benzene rings is 2. The summed E-state index contributed by atoms with van der Waals surface area (Å²) in [4.78, 5) is 14.8. The van der Waals surface area contributed by atoms with Gasteiger partial charge in [-0.25, -0.2) is 9.67 Å². The molecule has 0 radical (unpaired) electrons. The zero-order valence-corrected chi connectivity index (χ0v) is 10.9. The smallest absolute Gasteiger partial charge is 0.258 e. The van der Waals surface area contributed by atoms with E-state index in [1.54, 1.807) is 12.1 Å². The minimum absolute atomic E-state index is 0.0656.